The average Bonchev–Trinajstić information content (AvgIpc) is 2.40. The van der Waals surface area contributed by atoms with Gasteiger partial charge in [0.25, 0.3) is 0 Å². The maximum Gasteiger partial charge on any atom is 0.471 e. The first-order chi connectivity index (χ1) is 9.12. The highest BCUT2D eigenvalue weighted by molar-refractivity contribution is 7.47. The van der Waals surface area contributed by atoms with Crippen molar-refractivity contribution in [1.82, 2.24) is 0 Å². The predicted molar refractivity (Wildman–Crippen MR) is 65.4 cm³/mol. The summed E-state index contributed by atoms with van der Waals surface area (Å²) in [5.74, 6) is 4.81. The highest BCUT2D eigenvalue weighted by atomic mass is 31.2. The minimum atomic E-state index is -3.90. The number of hydrogen-bond acceptors (Lipinski definition) is 8. The second kappa shape index (κ2) is 12.9. The van der Waals surface area contributed by atoms with Gasteiger partial charge in [-0.15, -0.1) is 0 Å². The molecule has 3 N–H and O–H groups in total. The fourth-order valence-electron chi connectivity index (χ4n) is 0.913. The van der Waals surface area contributed by atoms with Gasteiger partial charge in [0, 0.05) is 7.11 Å². The summed E-state index contributed by atoms with van der Waals surface area (Å²) in [5, 5.41) is 0. The minimum absolute atomic E-state index is 0.0240. The van der Waals surface area contributed by atoms with Crippen LogP contribution in [-0.2, 0) is 32.7 Å². The van der Waals surface area contributed by atoms with Crippen molar-refractivity contribution in [1.29, 1.82) is 0 Å². The lowest BCUT2D eigenvalue weighted by Crippen LogP contribution is -2.13. The normalized spacial score (nSPS) is 14.5. The molecule has 1 atom stereocenters. The van der Waals surface area contributed by atoms with Gasteiger partial charge in [0.1, 0.15) is 0 Å². The maximum absolute atomic E-state index is 10.9. The van der Waals surface area contributed by atoms with E-state index in [9.17, 15) is 4.57 Å². The first-order valence-corrected chi connectivity index (χ1v) is 7.20. The van der Waals surface area contributed by atoms with Gasteiger partial charge in [-0.1, -0.05) is 0 Å². The Morgan fingerprint density at radius 2 is 1.32 bits per heavy atom. The van der Waals surface area contributed by atoms with Crippen molar-refractivity contribution < 1.29 is 37.6 Å². The van der Waals surface area contributed by atoms with E-state index >= 15 is 0 Å². The summed E-state index contributed by atoms with van der Waals surface area (Å²) >= 11 is 0. The van der Waals surface area contributed by atoms with Crippen molar-refractivity contribution in [2.75, 3.05) is 60.0 Å². The van der Waals surface area contributed by atoms with Crippen molar-refractivity contribution in [2.24, 2.45) is 5.90 Å². The van der Waals surface area contributed by atoms with Gasteiger partial charge in [-0.25, -0.2) is 10.5 Å². The van der Waals surface area contributed by atoms with E-state index in [-0.39, 0.29) is 13.2 Å². The smallest absolute Gasteiger partial charge is 0.377 e. The topological polar surface area (TPSA) is 119 Å². The molecule has 116 valence electrons. The SMILES string of the molecule is COP(=O)(O)OCCOCCOCCOCCON. The first-order valence-electron chi connectivity index (χ1n) is 5.70. The maximum atomic E-state index is 10.9. The third-order valence-corrected chi connectivity index (χ3v) is 2.77. The standard InChI is InChI=1S/C9H22NO8P/c1-13-19(11,12)18-9-7-16-5-3-14-2-4-15-6-8-17-10/h2-10H2,1H3,(H,11,12). The van der Waals surface area contributed by atoms with Crippen molar-refractivity contribution in [2.45, 2.75) is 0 Å². The molecule has 0 saturated heterocycles. The van der Waals surface area contributed by atoms with Crippen molar-refractivity contribution in [3.05, 3.63) is 0 Å². The summed E-state index contributed by atoms with van der Waals surface area (Å²) in [6.07, 6.45) is 0. The molecule has 0 amide bonds. The number of phosphoric acid groups is 1. The summed E-state index contributed by atoms with van der Waals surface area (Å²) in [4.78, 5) is 13.2. The number of phosphoric ester groups is 1. The zero-order valence-electron chi connectivity index (χ0n) is 11.0. The van der Waals surface area contributed by atoms with E-state index < -0.39 is 7.82 Å². The predicted octanol–water partition coefficient (Wildman–Crippen LogP) is -0.310. The van der Waals surface area contributed by atoms with Crippen LogP contribution in [0, 0.1) is 0 Å². The van der Waals surface area contributed by atoms with Crippen LogP contribution >= 0.6 is 7.82 Å². The molecular weight excluding hydrogens is 281 g/mol. The summed E-state index contributed by atoms with van der Waals surface area (Å²) in [7, 11) is -2.81. The molecule has 0 rings (SSSR count). The van der Waals surface area contributed by atoms with E-state index in [2.05, 4.69) is 13.9 Å². The fraction of sp³-hybridized carbons (Fsp3) is 1.00. The molecule has 0 aromatic carbocycles. The lowest BCUT2D eigenvalue weighted by atomic mass is 10.7. The molecule has 1 unspecified atom stereocenters. The van der Waals surface area contributed by atoms with E-state index in [1.54, 1.807) is 0 Å². The average molecular weight is 303 g/mol. The van der Waals surface area contributed by atoms with E-state index in [1.807, 2.05) is 0 Å². The minimum Gasteiger partial charge on any atom is -0.377 e. The van der Waals surface area contributed by atoms with E-state index in [0.29, 0.717) is 39.6 Å². The van der Waals surface area contributed by atoms with E-state index in [4.69, 9.17) is 25.0 Å². The highest BCUT2D eigenvalue weighted by Gasteiger charge is 2.17. The molecule has 0 aromatic rings. The Hall–Kier alpha value is -0.0900. The molecule has 0 radical (unpaired) electrons. The molecule has 0 spiro atoms. The molecule has 0 aromatic heterocycles. The van der Waals surface area contributed by atoms with Crippen molar-refractivity contribution >= 4 is 7.82 Å². The molecule has 0 aliphatic heterocycles. The van der Waals surface area contributed by atoms with Gasteiger partial charge in [0.05, 0.1) is 52.9 Å². The van der Waals surface area contributed by atoms with Crippen LogP contribution in [0.25, 0.3) is 0 Å². The second-order valence-electron chi connectivity index (χ2n) is 3.19. The van der Waals surface area contributed by atoms with Gasteiger partial charge in [-0.2, -0.15) is 0 Å². The monoisotopic (exact) mass is 303 g/mol. The Kier molecular flexibility index (Phi) is 12.9. The van der Waals surface area contributed by atoms with E-state index in [0.717, 1.165) is 7.11 Å². The summed E-state index contributed by atoms with van der Waals surface area (Å²) in [5.41, 5.74) is 0. The molecule has 0 aliphatic carbocycles. The van der Waals surface area contributed by atoms with Gasteiger partial charge >= 0.3 is 7.82 Å². The molecular formula is C9H22NO8P. The molecule has 0 heterocycles. The molecule has 0 aliphatic rings. The third kappa shape index (κ3) is 14.1. The fourth-order valence-corrected chi connectivity index (χ4v) is 1.32. The molecule has 0 saturated carbocycles. The molecule has 9 nitrogen and oxygen atoms in total. The molecule has 10 heteroatoms. The highest BCUT2D eigenvalue weighted by Crippen LogP contribution is 2.41. The van der Waals surface area contributed by atoms with Crippen LogP contribution in [0.4, 0.5) is 0 Å². The Morgan fingerprint density at radius 1 is 0.895 bits per heavy atom. The summed E-state index contributed by atoms with van der Waals surface area (Å²) in [6.45, 7) is 2.59. The van der Waals surface area contributed by atoms with Crippen LogP contribution in [0.3, 0.4) is 0 Å². The third-order valence-electron chi connectivity index (χ3n) is 1.80. The van der Waals surface area contributed by atoms with Crippen LogP contribution in [0.2, 0.25) is 0 Å². The Labute approximate surface area is 112 Å². The van der Waals surface area contributed by atoms with Crippen LogP contribution in [0.5, 0.6) is 0 Å². The van der Waals surface area contributed by atoms with Gasteiger partial charge in [0.15, 0.2) is 0 Å². The van der Waals surface area contributed by atoms with Crippen LogP contribution in [0.1, 0.15) is 0 Å². The number of rotatable bonds is 14. The van der Waals surface area contributed by atoms with Crippen LogP contribution in [0.15, 0.2) is 0 Å². The Morgan fingerprint density at radius 3 is 1.74 bits per heavy atom. The van der Waals surface area contributed by atoms with E-state index in [1.165, 1.54) is 0 Å². The molecule has 0 fully saturated rings. The lowest BCUT2D eigenvalue weighted by molar-refractivity contribution is -0.00591. The van der Waals surface area contributed by atoms with Gasteiger partial charge in [-0.3, -0.25) is 9.05 Å². The van der Waals surface area contributed by atoms with Gasteiger partial charge in [0.2, 0.25) is 0 Å². The van der Waals surface area contributed by atoms with Crippen molar-refractivity contribution in [3.63, 3.8) is 0 Å². The molecule has 0 bridgehead atoms. The Balaban J connectivity index is 3.09. The second-order valence-corrected chi connectivity index (χ2v) is 4.75. The van der Waals surface area contributed by atoms with Gasteiger partial charge < -0.3 is 23.9 Å². The quantitative estimate of drug-likeness (QED) is 0.253. The van der Waals surface area contributed by atoms with Crippen LogP contribution in [-0.4, -0.2) is 64.9 Å². The Bertz CT molecular complexity index is 242. The molecule has 19 heavy (non-hydrogen) atoms. The zero-order valence-corrected chi connectivity index (χ0v) is 11.9. The summed E-state index contributed by atoms with van der Waals surface area (Å²) in [6, 6.07) is 0. The lowest BCUT2D eigenvalue weighted by Gasteiger charge is -2.09. The number of hydrogen-bond donors (Lipinski definition) is 2. The first kappa shape index (κ1) is 18.9. The number of ether oxygens (including phenoxy) is 3. The van der Waals surface area contributed by atoms with Crippen molar-refractivity contribution in [3.8, 4) is 0 Å². The number of nitrogens with two attached hydrogens (primary N) is 1. The van der Waals surface area contributed by atoms with Crippen LogP contribution < -0.4 is 5.90 Å². The largest absolute Gasteiger partial charge is 0.471 e. The zero-order chi connectivity index (χ0) is 14.4. The van der Waals surface area contributed by atoms with Gasteiger partial charge in [-0.05, 0) is 0 Å². The summed E-state index contributed by atoms with van der Waals surface area (Å²) < 4.78 is 35.0.